The second-order valence-electron chi connectivity index (χ2n) is 6.54. The van der Waals surface area contributed by atoms with E-state index >= 15 is 0 Å². The topological polar surface area (TPSA) is 49.0 Å². The summed E-state index contributed by atoms with van der Waals surface area (Å²) in [4.78, 5) is 4.28. The van der Waals surface area contributed by atoms with Crippen LogP contribution in [0, 0.1) is 5.41 Å². The summed E-state index contributed by atoms with van der Waals surface area (Å²) in [5.74, 6) is 0. The van der Waals surface area contributed by atoms with E-state index in [9.17, 15) is 0 Å². The quantitative estimate of drug-likeness (QED) is 0.630. The molecule has 3 aliphatic rings. The van der Waals surface area contributed by atoms with Gasteiger partial charge in [0.1, 0.15) is 0 Å². The van der Waals surface area contributed by atoms with Crippen molar-refractivity contribution in [1.82, 2.24) is 20.9 Å². The van der Waals surface area contributed by atoms with Gasteiger partial charge in [0.2, 0.25) is 0 Å². The highest BCUT2D eigenvalue weighted by Gasteiger charge is 2.32. The number of pyridine rings is 1. The van der Waals surface area contributed by atoms with E-state index in [0.29, 0.717) is 0 Å². The van der Waals surface area contributed by atoms with Crippen LogP contribution in [0.3, 0.4) is 0 Å². The molecule has 0 radical (unpaired) electrons. The lowest BCUT2D eigenvalue weighted by molar-refractivity contribution is 0.144. The molecule has 3 N–H and O–H groups in total. The van der Waals surface area contributed by atoms with Gasteiger partial charge in [0.15, 0.2) is 0 Å². The Morgan fingerprint density at radius 2 is 1.38 bits per heavy atom. The van der Waals surface area contributed by atoms with Crippen LogP contribution < -0.4 is 16.0 Å². The highest BCUT2D eigenvalue weighted by Crippen LogP contribution is 2.37. The maximum Gasteiger partial charge on any atom is 0.0461 e. The molecule has 0 atom stereocenters. The number of hydrogen-bond donors (Lipinski definition) is 3. The molecule has 2 fully saturated rings. The van der Waals surface area contributed by atoms with Gasteiger partial charge < -0.3 is 16.0 Å². The fourth-order valence-electron chi connectivity index (χ4n) is 3.70. The first-order valence-electron chi connectivity index (χ1n) is 8.43. The van der Waals surface area contributed by atoms with E-state index < -0.39 is 0 Å². The second-order valence-corrected chi connectivity index (χ2v) is 6.54. The minimum absolute atomic E-state index is 0. The van der Waals surface area contributed by atoms with Crippen LogP contribution in [-0.4, -0.2) is 37.7 Å². The van der Waals surface area contributed by atoms with Crippen LogP contribution in [0.4, 0.5) is 0 Å². The van der Waals surface area contributed by atoms with Gasteiger partial charge in [-0.25, -0.2) is 0 Å². The Bertz CT molecular complexity index is 403. The molecule has 2 saturated heterocycles. The van der Waals surface area contributed by atoms with Gasteiger partial charge >= 0.3 is 0 Å². The maximum absolute atomic E-state index is 4.28. The minimum Gasteiger partial charge on any atom is -0.317 e. The molecular weight excluding hydrogens is 367 g/mol. The lowest BCUT2D eigenvalue weighted by atomic mass is 9.72. The van der Waals surface area contributed by atoms with Crippen LogP contribution in [0.1, 0.15) is 36.9 Å². The summed E-state index contributed by atoms with van der Waals surface area (Å²) in [7, 11) is 0. The van der Waals surface area contributed by atoms with Crippen molar-refractivity contribution in [2.75, 3.05) is 32.7 Å². The SMILES string of the molecule is C1CC2(CCN1)CCNCC2.Cl.Cl.Cl.c1cnc2c(c1)CNCC2. The standard InChI is InChI=1S/C9H18N2.C8H10N2.3ClH/c1-5-10-6-2-9(1)3-7-11-8-4-9;1-2-7-6-9-5-3-8(7)10-4-1;;;/h10-11H,1-8H2;1-2,4,9H,3,5-6H2;3*1H. The van der Waals surface area contributed by atoms with Crippen LogP contribution in [0.25, 0.3) is 0 Å². The van der Waals surface area contributed by atoms with Crippen LogP contribution in [0.15, 0.2) is 18.3 Å². The fourth-order valence-corrected chi connectivity index (χ4v) is 3.70. The average molecular weight is 398 g/mol. The zero-order chi connectivity index (χ0) is 14.4. The summed E-state index contributed by atoms with van der Waals surface area (Å²) in [5, 5.41) is 10.2. The van der Waals surface area contributed by atoms with Gasteiger partial charge in [0.05, 0.1) is 0 Å². The summed E-state index contributed by atoms with van der Waals surface area (Å²) in [6.45, 7) is 7.06. The van der Waals surface area contributed by atoms with Crippen molar-refractivity contribution in [1.29, 1.82) is 0 Å². The lowest BCUT2D eigenvalue weighted by Gasteiger charge is -2.41. The van der Waals surface area contributed by atoms with Crippen molar-refractivity contribution >= 4 is 37.2 Å². The predicted octanol–water partition coefficient (Wildman–Crippen LogP) is 2.73. The number of aromatic nitrogens is 1. The predicted molar refractivity (Wildman–Crippen MR) is 108 cm³/mol. The van der Waals surface area contributed by atoms with Crippen molar-refractivity contribution in [3.05, 3.63) is 29.6 Å². The smallest absolute Gasteiger partial charge is 0.0461 e. The number of nitrogens with zero attached hydrogens (tertiary/aromatic N) is 1. The van der Waals surface area contributed by atoms with Crippen molar-refractivity contribution in [3.63, 3.8) is 0 Å². The highest BCUT2D eigenvalue weighted by atomic mass is 35.5. The molecule has 0 aliphatic carbocycles. The van der Waals surface area contributed by atoms with Crippen LogP contribution in [0.2, 0.25) is 0 Å². The molecule has 4 heterocycles. The maximum atomic E-state index is 4.28. The molecular formula is C17H31Cl3N4. The van der Waals surface area contributed by atoms with Crippen molar-refractivity contribution in [2.45, 2.75) is 38.6 Å². The lowest BCUT2D eigenvalue weighted by Crippen LogP contribution is -2.43. The fraction of sp³-hybridized carbons (Fsp3) is 0.706. The van der Waals surface area contributed by atoms with Crippen molar-refractivity contribution < 1.29 is 0 Å². The molecule has 0 unspecified atom stereocenters. The van der Waals surface area contributed by atoms with Crippen LogP contribution in [-0.2, 0) is 13.0 Å². The largest absolute Gasteiger partial charge is 0.317 e. The zero-order valence-corrected chi connectivity index (χ0v) is 16.6. The molecule has 0 bridgehead atoms. The molecule has 0 saturated carbocycles. The van der Waals surface area contributed by atoms with Crippen LogP contribution >= 0.6 is 37.2 Å². The Morgan fingerprint density at radius 1 is 0.792 bits per heavy atom. The van der Waals surface area contributed by atoms with Gasteiger partial charge in [-0.1, -0.05) is 6.07 Å². The number of hydrogen-bond acceptors (Lipinski definition) is 4. The molecule has 1 aromatic heterocycles. The van der Waals surface area contributed by atoms with Gasteiger partial charge in [-0.3, -0.25) is 4.98 Å². The number of halogens is 3. The Balaban J connectivity index is 0.000000393. The zero-order valence-electron chi connectivity index (χ0n) is 14.2. The first kappa shape index (κ1) is 23.9. The first-order chi connectivity index (χ1) is 10.4. The average Bonchev–Trinajstić information content (AvgIpc) is 2.57. The summed E-state index contributed by atoms with van der Waals surface area (Å²) in [6.07, 6.45) is 8.59. The third-order valence-corrected chi connectivity index (χ3v) is 5.17. The molecule has 140 valence electrons. The third kappa shape index (κ3) is 6.66. The van der Waals surface area contributed by atoms with E-state index in [1.54, 1.807) is 0 Å². The van der Waals surface area contributed by atoms with Gasteiger partial charge in [-0.15, -0.1) is 37.2 Å². The Hall–Kier alpha value is -0.100. The van der Waals surface area contributed by atoms with E-state index in [-0.39, 0.29) is 37.2 Å². The molecule has 0 aromatic carbocycles. The van der Waals surface area contributed by atoms with E-state index in [0.717, 1.165) is 24.9 Å². The highest BCUT2D eigenvalue weighted by molar-refractivity contribution is 5.86. The van der Waals surface area contributed by atoms with Gasteiger partial charge in [-0.2, -0.15) is 0 Å². The van der Waals surface area contributed by atoms with Gasteiger partial charge in [0.25, 0.3) is 0 Å². The molecule has 4 rings (SSSR count). The monoisotopic (exact) mass is 396 g/mol. The summed E-state index contributed by atoms with van der Waals surface area (Å²) < 4.78 is 0. The summed E-state index contributed by atoms with van der Waals surface area (Å²) in [5.41, 5.74) is 3.35. The third-order valence-electron chi connectivity index (χ3n) is 5.17. The number of nitrogens with one attached hydrogen (secondary N) is 3. The minimum atomic E-state index is 0. The Labute approximate surface area is 164 Å². The Morgan fingerprint density at radius 3 is 1.92 bits per heavy atom. The molecule has 4 nitrogen and oxygen atoms in total. The van der Waals surface area contributed by atoms with E-state index in [1.807, 2.05) is 12.3 Å². The van der Waals surface area contributed by atoms with E-state index in [1.165, 1.54) is 63.1 Å². The number of piperidine rings is 2. The Kier molecular flexibility index (Phi) is 12.2. The second kappa shape index (κ2) is 12.3. The van der Waals surface area contributed by atoms with Gasteiger partial charge in [-0.05, 0) is 68.9 Å². The molecule has 24 heavy (non-hydrogen) atoms. The molecule has 1 aromatic rings. The molecule has 3 aliphatic heterocycles. The normalized spacial score (nSPS) is 20.8. The molecule has 7 heteroatoms. The van der Waals surface area contributed by atoms with E-state index in [4.69, 9.17) is 0 Å². The molecule has 0 amide bonds. The van der Waals surface area contributed by atoms with E-state index in [2.05, 4.69) is 27.0 Å². The number of fused-ring (bicyclic) bond motifs is 1. The van der Waals surface area contributed by atoms with Crippen LogP contribution in [0.5, 0.6) is 0 Å². The first-order valence-corrected chi connectivity index (χ1v) is 8.43. The molecule has 1 spiro atoms. The van der Waals surface area contributed by atoms with Crippen molar-refractivity contribution in [2.24, 2.45) is 5.41 Å². The number of rotatable bonds is 0. The summed E-state index contributed by atoms with van der Waals surface area (Å²) in [6, 6.07) is 4.13. The summed E-state index contributed by atoms with van der Waals surface area (Å²) >= 11 is 0. The van der Waals surface area contributed by atoms with Gasteiger partial charge in [0, 0.05) is 31.4 Å². The van der Waals surface area contributed by atoms with Crippen molar-refractivity contribution in [3.8, 4) is 0 Å².